The fourth-order valence-electron chi connectivity index (χ4n) is 1.87. The van der Waals surface area contributed by atoms with Crippen LogP contribution in [0.4, 0.5) is 13.2 Å². The largest absolute Gasteiger partial charge is 0.478 e. The van der Waals surface area contributed by atoms with E-state index in [0.29, 0.717) is 5.56 Å². The van der Waals surface area contributed by atoms with Crippen LogP contribution in [0.1, 0.15) is 24.9 Å². The second-order valence-corrected chi connectivity index (χ2v) is 4.18. The predicted molar refractivity (Wildman–Crippen MR) is 60.3 cm³/mol. The summed E-state index contributed by atoms with van der Waals surface area (Å²) in [6, 6.07) is 5.93. The molecule has 1 aliphatic rings. The first-order chi connectivity index (χ1) is 7.33. The van der Waals surface area contributed by atoms with Gasteiger partial charge in [0.05, 0.1) is 0 Å². The highest BCUT2D eigenvalue weighted by Crippen LogP contribution is 2.45. The molecule has 2 atom stereocenters. The summed E-state index contributed by atoms with van der Waals surface area (Å²) in [6.07, 6.45) is -4.67. The second kappa shape index (κ2) is 4.38. The van der Waals surface area contributed by atoms with Gasteiger partial charge in [0.25, 0.3) is 0 Å². The highest BCUT2D eigenvalue weighted by atomic mass is 35.5. The van der Waals surface area contributed by atoms with Crippen LogP contribution >= 0.6 is 12.4 Å². The molecule has 0 bridgehead atoms. The number of fused-ring (bicyclic) bond motifs is 1. The Morgan fingerprint density at radius 3 is 2.53 bits per heavy atom. The van der Waals surface area contributed by atoms with Gasteiger partial charge >= 0.3 is 6.18 Å². The lowest BCUT2D eigenvalue weighted by Crippen LogP contribution is -2.51. The van der Waals surface area contributed by atoms with Crippen LogP contribution in [0.25, 0.3) is 0 Å². The Hall–Kier alpha value is -0.940. The number of hydrogen-bond donors (Lipinski definition) is 1. The van der Waals surface area contributed by atoms with Crippen LogP contribution < -0.4 is 10.5 Å². The molecule has 0 spiro atoms. The number of rotatable bonds is 0. The first kappa shape index (κ1) is 14.1. The van der Waals surface area contributed by atoms with Crippen molar-refractivity contribution < 1.29 is 17.9 Å². The average Bonchev–Trinajstić information content (AvgIpc) is 2.15. The number of nitrogens with two attached hydrogens (primary N) is 1. The summed E-state index contributed by atoms with van der Waals surface area (Å²) in [6.45, 7) is 1.03. The first-order valence-corrected chi connectivity index (χ1v) is 4.94. The molecule has 1 aromatic rings. The van der Waals surface area contributed by atoms with Crippen molar-refractivity contribution in [2.75, 3.05) is 0 Å². The van der Waals surface area contributed by atoms with Gasteiger partial charge in [-0.25, -0.2) is 0 Å². The van der Waals surface area contributed by atoms with Crippen LogP contribution in [0.5, 0.6) is 5.75 Å². The number of hydrogen-bond acceptors (Lipinski definition) is 2. The van der Waals surface area contributed by atoms with Crippen molar-refractivity contribution in [2.24, 2.45) is 5.73 Å². The molecule has 2 rings (SSSR count). The smallest absolute Gasteiger partial charge is 0.428 e. The molecular formula is C11H13ClF3NO. The van der Waals surface area contributed by atoms with E-state index in [2.05, 4.69) is 0 Å². The zero-order valence-electron chi connectivity index (χ0n) is 9.12. The molecule has 0 saturated carbocycles. The topological polar surface area (TPSA) is 35.2 Å². The minimum Gasteiger partial charge on any atom is -0.478 e. The minimum absolute atomic E-state index is 0. The Balaban J connectivity index is 0.00000144. The van der Waals surface area contributed by atoms with E-state index in [1.54, 1.807) is 18.2 Å². The highest BCUT2D eigenvalue weighted by Gasteiger charge is 2.56. The third kappa shape index (κ3) is 2.35. The maximum absolute atomic E-state index is 12.8. The molecule has 17 heavy (non-hydrogen) atoms. The molecule has 1 heterocycles. The van der Waals surface area contributed by atoms with Crippen LogP contribution in [0.3, 0.4) is 0 Å². The van der Waals surface area contributed by atoms with E-state index < -0.39 is 17.8 Å². The van der Waals surface area contributed by atoms with E-state index in [9.17, 15) is 13.2 Å². The Labute approximate surface area is 103 Å². The summed E-state index contributed by atoms with van der Waals surface area (Å²) in [7, 11) is 0. The van der Waals surface area contributed by atoms with Crippen molar-refractivity contribution >= 4 is 12.4 Å². The molecule has 0 fully saturated rings. The van der Waals surface area contributed by atoms with Crippen LogP contribution in [-0.4, -0.2) is 11.8 Å². The summed E-state index contributed by atoms with van der Waals surface area (Å²) in [5.74, 6) is 0.223. The molecular weight excluding hydrogens is 255 g/mol. The molecule has 0 radical (unpaired) electrons. The second-order valence-electron chi connectivity index (χ2n) is 4.18. The monoisotopic (exact) mass is 267 g/mol. The molecule has 2 N–H and O–H groups in total. The van der Waals surface area contributed by atoms with Gasteiger partial charge in [-0.05, 0) is 13.0 Å². The molecule has 0 unspecified atom stereocenters. The van der Waals surface area contributed by atoms with Crippen LogP contribution in [0, 0.1) is 0 Å². The van der Waals surface area contributed by atoms with Crippen LogP contribution in [-0.2, 0) is 0 Å². The third-order valence-corrected chi connectivity index (χ3v) is 2.86. The minimum atomic E-state index is -4.42. The standard InChI is InChI=1S/C11H12F3NO.ClH/c1-10(11(12,13)14)6-8(15)7-4-2-3-5-9(7)16-10;/h2-5,8H,6,15H2,1H3;1H/t8-,10+;/m1./s1. The molecule has 96 valence electrons. The fourth-order valence-corrected chi connectivity index (χ4v) is 1.87. The number of benzene rings is 1. The number of para-hydroxylation sites is 1. The number of halogens is 4. The molecule has 0 amide bonds. The molecule has 1 aliphatic heterocycles. The highest BCUT2D eigenvalue weighted by molar-refractivity contribution is 5.85. The van der Waals surface area contributed by atoms with Crippen molar-refractivity contribution in [1.82, 2.24) is 0 Å². The molecule has 0 aliphatic carbocycles. The number of ether oxygens (including phenoxy) is 1. The summed E-state index contributed by atoms with van der Waals surface area (Å²) in [5.41, 5.74) is 4.17. The average molecular weight is 268 g/mol. The van der Waals surface area contributed by atoms with Gasteiger partial charge in [0, 0.05) is 18.0 Å². The zero-order valence-corrected chi connectivity index (χ0v) is 9.94. The zero-order chi connectivity index (χ0) is 12.0. The fraction of sp³-hybridized carbons (Fsp3) is 0.455. The van der Waals surface area contributed by atoms with E-state index in [0.717, 1.165) is 6.92 Å². The quantitative estimate of drug-likeness (QED) is 0.783. The van der Waals surface area contributed by atoms with Gasteiger partial charge in [-0.2, -0.15) is 13.2 Å². The Morgan fingerprint density at radius 1 is 1.35 bits per heavy atom. The van der Waals surface area contributed by atoms with Crippen molar-refractivity contribution in [3.63, 3.8) is 0 Å². The van der Waals surface area contributed by atoms with Crippen LogP contribution in [0.2, 0.25) is 0 Å². The lowest BCUT2D eigenvalue weighted by molar-refractivity contribution is -0.248. The van der Waals surface area contributed by atoms with Gasteiger partial charge in [-0.3, -0.25) is 0 Å². The maximum atomic E-state index is 12.8. The Bertz CT molecular complexity index is 410. The summed E-state index contributed by atoms with van der Waals surface area (Å²) in [4.78, 5) is 0. The Morgan fingerprint density at radius 2 is 1.94 bits per heavy atom. The van der Waals surface area contributed by atoms with Gasteiger partial charge in [-0.15, -0.1) is 12.4 Å². The summed E-state index contributed by atoms with van der Waals surface area (Å²) < 4.78 is 43.5. The van der Waals surface area contributed by atoms with Gasteiger partial charge in [0.15, 0.2) is 0 Å². The molecule has 1 aromatic carbocycles. The lowest BCUT2D eigenvalue weighted by Gasteiger charge is -2.39. The maximum Gasteiger partial charge on any atom is 0.428 e. The lowest BCUT2D eigenvalue weighted by atomic mass is 9.88. The van der Waals surface area contributed by atoms with E-state index >= 15 is 0 Å². The van der Waals surface area contributed by atoms with Gasteiger partial charge in [0.1, 0.15) is 5.75 Å². The SMILES string of the molecule is C[C@@]1(C(F)(F)F)C[C@@H](N)c2ccccc2O1.Cl. The van der Waals surface area contributed by atoms with Crippen molar-refractivity contribution in [2.45, 2.75) is 31.2 Å². The predicted octanol–water partition coefficient (Wildman–Crippen LogP) is 3.21. The molecule has 0 aromatic heterocycles. The molecule has 2 nitrogen and oxygen atoms in total. The van der Waals surface area contributed by atoms with Crippen molar-refractivity contribution in [3.05, 3.63) is 29.8 Å². The first-order valence-electron chi connectivity index (χ1n) is 4.94. The van der Waals surface area contributed by atoms with Crippen molar-refractivity contribution in [1.29, 1.82) is 0 Å². The normalized spacial score (nSPS) is 27.7. The summed E-state index contributed by atoms with van der Waals surface area (Å²) >= 11 is 0. The Kier molecular flexibility index (Phi) is 3.64. The van der Waals surface area contributed by atoms with Gasteiger partial charge < -0.3 is 10.5 Å². The van der Waals surface area contributed by atoms with Gasteiger partial charge in [-0.1, -0.05) is 18.2 Å². The van der Waals surface area contributed by atoms with Gasteiger partial charge in [0.2, 0.25) is 5.60 Å². The summed E-state index contributed by atoms with van der Waals surface area (Å²) in [5, 5.41) is 0. The van der Waals surface area contributed by atoms with E-state index in [1.807, 2.05) is 0 Å². The molecule has 0 saturated heterocycles. The van der Waals surface area contributed by atoms with Crippen molar-refractivity contribution in [3.8, 4) is 5.75 Å². The molecule has 6 heteroatoms. The van der Waals surface area contributed by atoms with E-state index in [-0.39, 0.29) is 24.6 Å². The van der Waals surface area contributed by atoms with E-state index in [4.69, 9.17) is 10.5 Å². The number of alkyl halides is 3. The van der Waals surface area contributed by atoms with E-state index in [1.165, 1.54) is 6.07 Å². The van der Waals surface area contributed by atoms with Crippen LogP contribution in [0.15, 0.2) is 24.3 Å². The third-order valence-electron chi connectivity index (χ3n) is 2.86.